The van der Waals surface area contributed by atoms with E-state index in [4.69, 9.17) is 11.6 Å². The zero-order valence-electron chi connectivity index (χ0n) is 7.39. The lowest BCUT2D eigenvalue weighted by Gasteiger charge is -1.95. The summed E-state index contributed by atoms with van der Waals surface area (Å²) in [6, 6.07) is 10.8. The van der Waals surface area contributed by atoms with Crippen LogP contribution in [0.1, 0.15) is 0 Å². The van der Waals surface area contributed by atoms with Crippen molar-refractivity contribution in [3.05, 3.63) is 53.8 Å². The molecule has 0 aliphatic carbocycles. The molecule has 0 aliphatic heterocycles. The molecule has 2 aromatic rings. The Morgan fingerprint density at radius 3 is 2.43 bits per heavy atom. The summed E-state index contributed by atoms with van der Waals surface area (Å²) in [6.45, 7) is 0. The van der Waals surface area contributed by atoms with Crippen LogP contribution in [0.25, 0.3) is 5.69 Å². The molecule has 0 atom stereocenters. The molecular formula is C11H9ClNO+. The molecule has 0 bridgehead atoms. The lowest BCUT2D eigenvalue weighted by atomic mass is 10.3. The minimum absolute atomic E-state index is 0.238. The highest BCUT2D eigenvalue weighted by Gasteiger charge is 2.05. The van der Waals surface area contributed by atoms with Gasteiger partial charge in [0, 0.05) is 23.2 Å². The predicted molar refractivity (Wildman–Crippen MR) is 54.6 cm³/mol. The van der Waals surface area contributed by atoms with Crippen molar-refractivity contribution in [2.75, 3.05) is 0 Å². The van der Waals surface area contributed by atoms with Gasteiger partial charge in [-0.2, -0.15) is 4.57 Å². The minimum Gasteiger partial charge on any atom is -0.503 e. The minimum atomic E-state index is 0.238. The van der Waals surface area contributed by atoms with Crippen LogP contribution in [0.4, 0.5) is 0 Å². The molecule has 0 spiro atoms. The molecule has 0 saturated heterocycles. The Kier molecular flexibility index (Phi) is 2.37. The fourth-order valence-electron chi connectivity index (χ4n) is 1.24. The summed E-state index contributed by atoms with van der Waals surface area (Å²) >= 11 is 5.77. The fourth-order valence-corrected chi connectivity index (χ4v) is 1.36. The van der Waals surface area contributed by atoms with E-state index in [9.17, 15) is 5.11 Å². The van der Waals surface area contributed by atoms with Gasteiger partial charge in [-0.3, -0.25) is 0 Å². The number of aromatic hydroxyl groups is 1. The number of hydrogen-bond donors (Lipinski definition) is 1. The van der Waals surface area contributed by atoms with Crippen molar-refractivity contribution in [3.63, 3.8) is 0 Å². The highest BCUT2D eigenvalue weighted by molar-refractivity contribution is 6.30. The van der Waals surface area contributed by atoms with Gasteiger partial charge in [0.2, 0.25) is 11.9 Å². The molecule has 1 heterocycles. The average molecular weight is 207 g/mol. The SMILES string of the molecule is Oc1ccc[n+](-c2ccc(Cl)cc2)c1. The third-order valence-electron chi connectivity index (χ3n) is 1.91. The summed E-state index contributed by atoms with van der Waals surface area (Å²) in [5, 5.41) is 9.99. The summed E-state index contributed by atoms with van der Waals surface area (Å²) in [6.07, 6.45) is 3.51. The normalized spacial score (nSPS) is 10.1. The van der Waals surface area contributed by atoms with Crippen LogP contribution >= 0.6 is 11.6 Å². The molecule has 1 aromatic heterocycles. The molecule has 70 valence electrons. The maximum atomic E-state index is 9.28. The second-order valence-electron chi connectivity index (χ2n) is 2.95. The van der Waals surface area contributed by atoms with Crippen molar-refractivity contribution in [1.82, 2.24) is 0 Å². The van der Waals surface area contributed by atoms with Crippen LogP contribution in [0.3, 0.4) is 0 Å². The van der Waals surface area contributed by atoms with Crippen LogP contribution in [-0.4, -0.2) is 5.11 Å². The van der Waals surface area contributed by atoms with Crippen LogP contribution in [0.5, 0.6) is 5.75 Å². The van der Waals surface area contributed by atoms with Crippen LogP contribution < -0.4 is 4.57 Å². The van der Waals surface area contributed by atoms with Crippen LogP contribution in [-0.2, 0) is 0 Å². The van der Waals surface area contributed by atoms with Gasteiger partial charge in [-0.25, -0.2) is 0 Å². The molecule has 0 aliphatic rings. The summed E-state index contributed by atoms with van der Waals surface area (Å²) in [7, 11) is 0. The first-order chi connectivity index (χ1) is 6.75. The molecule has 3 heteroatoms. The molecule has 1 N–H and O–H groups in total. The summed E-state index contributed by atoms with van der Waals surface area (Å²) in [5.74, 6) is 0.238. The molecule has 0 unspecified atom stereocenters. The standard InChI is InChI=1S/C11H8ClNO/c12-9-3-5-10(6-4-9)13-7-1-2-11(14)8-13/h1-8H/p+1. The van der Waals surface area contributed by atoms with E-state index in [2.05, 4.69) is 0 Å². The molecular weight excluding hydrogens is 198 g/mol. The number of nitrogens with zero attached hydrogens (tertiary/aromatic N) is 1. The van der Waals surface area contributed by atoms with Crippen molar-refractivity contribution in [2.45, 2.75) is 0 Å². The van der Waals surface area contributed by atoms with E-state index in [0.717, 1.165) is 5.69 Å². The van der Waals surface area contributed by atoms with Gasteiger partial charge in [0.05, 0.1) is 0 Å². The molecule has 0 saturated carbocycles. The lowest BCUT2D eigenvalue weighted by molar-refractivity contribution is -0.596. The van der Waals surface area contributed by atoms with Crippen molar-refractivity contribution in [2.24, 2.45) is 0 Å². The Labute approximate surface area is 87.0 Å². The van der Waals surface area contributed by atoms with E-state index in [1.54, 1.807) is 18.3 Å². The van der Waals surface area contributed by atoms with Crippen molar-refractivity contribution < 1.29 is 9.67 Å². The number of benzene rings is 1. The first kappa shape index (κ1) is 9.03. The highest BCUT2D eigenvalue weighted by atomic mass is 35.5. The molecule has 0 fully saturated rings. The van der Waals surface area contributed by atoms with Crippen molar-refractivity contribution in [1.29, 1.82) is 0 Å². The van der Waals surface area contributed by atoms with Gasteiger partial charge in [-0.1, -0.05) is 11.6 Å². The number of pyridine rings is 1. The Hall–Kier alpha value is -1.54. The highest BCUT2D eigenvalue weighted by Crippen LogP contribution is 2.10. The van der Waals surface area contributed by atoms with Gasteiger partial charge >= 0.3 is 0 Å². The molecule has 2 nitrogen and oxygen atoms in total. The second-order valence-corrected chi connectivity index (χ2v) is 3.38. The van der Waals surface area contributed by atoms with Crippen LogP contribution in [0, 0.1) is 0 Å². The van der Waals surface area contributed by atoms with Gasteiger partial charge in [0.1, 0.15) is 0 Å². The van der Waals surface area contributed by atoms with E-state index in [1.165, 1.54) is 0 Å². The molecule has 0 radical (unpaired) electrons. The lowest BCUT2D eigenvalue weighted by Crippen LogP contribution is -2.28. The summed E-state index contributed by atoms with van der Waals surface area (Å²) in [5.41, 5.74) is 0.963. The molecule has 14 heavy (non-hydrogen) atoms. The average Bonchev–Trinajstić information content (AvgIpc) is 2.19. The Morgan fingerprint density at radius 2 is 1.79 bits per heavy atom. The number of halogens is 1. The van der Waals surface area contributed by atoms with Crippen molar-refractivity contribution >= 4 is 11.6 Å². The van der Waals surface area contributed by atoms with Gasteiger partial charge in [0.15, 0.2) is 11.9 Å². The number of aromatic nitrogens is 1. The monoisotopic (exact) mass is 206 g/mol. The molecule has 2 rings (SSSR count). The zero-order chi connectivity index (χ0) is 9.97. The Bertz CT molecular complexity index is 439. The van der Waals surface area contributed by atoms with E-state index in [-0.39, 0.29) is 5.75 Å². The van der Waals surface area contributed by atoms with Gasteiger partial charge in [-0.15, -0.1) is 0 Å². The third-order valence-corrected chi connectivity index (χ3v) is 2.16. The molecule has 0 amide bonds. The molecule has 1 aromatic carbocycles. The first-order valence-electron chi connectivity index (χ1n) is 4.22. The smallest absolute Gasteiger partial charge is 0.216 e. The fraction of sp³-hybridized carbons (Fsp3) is 0. The van der Waals surface area contributed by atoms with Crippen molar-refractivity contribution in [3.8, 4) is 11.4 Å². The van der Waals surface area contributed by atoms with E-state index < -0.39 is 0 Å². The number of hydrogen-bond acceptors (Lipinski definition) is 1. The Morgan fingerprint density at radius 1 is 1.07 bits per heavy atom. The maximum absolute atomic E-state index is 9.28. The summed E-state index contributed by atoms with van der Waals surface area (Å²) < 4.78 is 1.83. The largest absolute Gasteiger partial charge is 0.503 e. The Balaban J connectivity index is 2.44. The van der Waals surface area contributed by atoms with Gasteiger partial charge in [0.25, 0.3) is 0 Å². The van der Waals surface area contributed by atoms with Crippen LogP contribution in [0.15, 0.2) is 48.8 Å². The topological polar surface area (TPSA) is 24.1 Å². The van der Waals surface area contributed by atoms with E-state index >= 15 is 0 Å². The zero-order valence-corrected chi connectivity index (χ0v) is 8.15. The van der Waals surface area contributed by atoms with E-state index in [0.29, 0.717) is 5.02 Å². The maximum Gasteiger partial charge on any atom is 0.216 e. The second kappa shape index (κ2) is 3.68. The van der Waals surface area contributed by atoms with Gasteiger partial charge in [-0.05, 0) is 18.2 Å². The van der Waals surface area contributed by atoms with E-state index in [1.807, 2.05) is 35.0 Å². The first-order valence-corrected chi connectivity index (χ1v) is 4.60. The number of rotatable bonds is 1. The third kappa shape index (κ3) is 1.86. The van der Waals surface area contributed by atoms with Gasteiger partial charge < -0.3 is 5.11 Å². The quantitative estimate of drug-likeness (QED) is 0.712. The summed E-state index contributed by atoms with van der Waals surface area (Å²) in [4.78, 5) is 0. The van der Waals surface area contributed by atoms with Crippen LogP contribution in [0.2, 0.25) is 5.02 Å². The predicted octanol–water partition coefficient (Wildman–Crippen LogP) is 2.32.